The molecule has 1 unspecified atom stereocenters. The fraction of sp³-hybridized carbons (Fsp3) is 0.500. The monoisotopic (exact) mass is 368 g/mol. The zero-order valence-electron chi connectivity index (χ0n) is 9.18. The van der Waals surface area contributed by atoms with E-state index in [9.17, 15) is 0 Å². The van der Waals surface area contributed by atoms with Gasteiger partial charge in [0.05, 0.1) is 11.6 Å². The smallest absolute Gasteiger partial charge is 0.139 e. The van der Waals surface area contributed by atoms with Crippen LogP contribution in [0.4, 0.5) is 0 Å². The van der Waals surface area contributed by atoms with Crippen molar-refractivity contribution in [2.45, 2.75) is 19.8 Å². The van der Waals surface area contributed by atoms with Crippen LogP contribution >= 0.6 is 43.5 Å². The van der Waals surface area contributed by atoms with Crippen LogP contribution in [0.2, 0.25) is 5.02 Å². The van der Waals surface area contributed by atoms with E-state index in [0.717, 1.165) is 22.0 Å². The van der Waals surface area contributed by atoms with Gasteiger partial charge in [-0.1, -0.05) is 56.8 Å². The Hall–Kier alpha value is 0.270. The minimum Gasteiger partial charge on any atom is -0.492 e. The molecule has 0 aromatic heterocycles. The zero-order valence-corrected chi connectivity index (χ0v) is 13.1. The van der Waals surface area contributed by atoms with Crippen LogP contribution in [-0.2, 0) is 0 Å². The van der Waals surface area contributed by atoms with Crippen molar-refractivity contribution < 1.29 is 4.74 Å². The Bertz CT molecular complexity index is 331. The van der Waals surface area contributed by atoms with Gasteiger partial charge < -0.3 is 4.74 Å². The van der Waals surface area contributed by atoms with Gasteiger partial charge in [-0.3, -0.25) is 0 Å². The molecular weight excluding hydrogens is 355 g/mol. The molecule has 0 amide bonds. The number of hydrogen-bond donors (Lipinski definition) is 0. The van der Waals surface area contributed by atoms with Gasteiger partial charge in [0.15, 0.2) is 0 Å². The van der Waals surface area contributed by atoms with Crippen molar-refractivity contribution in [3.05, 3.63) is 27.7 Å². The van der Waals surface area contributed by atoms with Crippen LogP contribution in [0, 0.1) is 5.92 Å². The Balaban J connectivity index is 2.55. The fourth-order valence-electron chi connectivity index (χ4n) is 1.41. The summed E-state index contributed by atoms with van der Waals surface area (Å²) in [5.41, 5.74) is 0. The maximum absolute atomic E-state index is 6.04. The molecule has 1 aromatic rings. The van der Waals surface area contributed by atoms with Crippen molar-refractivity contribution in [3.63, 3.8) is 0 Å². The summed E-state index contributed by atoms with van der Waals surface area (Å²) < 4.78 is 6.72. The van der Waals surface area contributed by atoms with Crippen LogP contribution in [0.3, 0.4) is 0 Å². The summed E-state index contributed by atoms with van der Waals surface area (Å²) in [5, 5.41) is 1.62. The third kappa shape index (κ3) is 4.64. The Kier molecular flexibility index (Phi) is 6.78. The molecule has 1 atom stereocenters. The summed E-state index contributed by atoms with van der Waals surface area (Å²) in [6, 6.07) is 5.65. The van der Waals surface area contributed by atoms with Gasteiger partial charge in [0.1, 0.15) is 5.75 Å². The summed E-state index contributed by atoms with van der Waals surface area (Å²) in [6.45, 7) is 2.89. The van der Waals surface area contributed by atoms with E-state index in [4.69, 9.17) is 16.3 Å². The maximum atomic E-state index is 6.04. The van der Waals surface area contributed by atoms with Gasteiger partial charge in [0.2, 0.25) is 0 Å². The molecule has 0 bridgehead atoms. The highest BCUT2D eigenvalue weighted by molar-refractivity contribution is 9.10. The van der Waals surface area contributed by atoms with E-state index in [2.05, 4.69) is 38.8 Å². The van der Waals surface area contributed by atoms with Crippen molar-refractivity contribution in [2.75, 3.05) is 11.9 Å². The largest absolute Gasteiger partial charge is 0.492 e. The van der Waals surface area contributed by atoms with Crippen molar-refractivity contribution in [1.82, 2.24) is 0 Å². The van der Waals surface area contributed by atoms with Gasteiger partial charge in [-0.05, 0) is 24.6 Å². The zero-order chi connectivity index (χ0) is 12.0. The summed E-state index contributed by atoms with van der Waals surface area (Å²) in [6.07, 6.45) is 2.34. The topological polar surface area (TPSA) is 9.23 Å². The Morgan fingerprint density at radius 1 is 1.44 bits per heavy atom. The molecule has 0 spiro atoms. The molecule has 0 heterocycles. The van der Waals surface area contributed by atoms with E-state index >= 15 is 0 Å². The molecular formula is C12H15Br2ClO. The molecule has 1 aromatic carbocycles. The quantitative estimate of drug-likeness (QED) is 0.618. The summed E-state index contributed by atoms with van der Waals surface area (Å²) in [5.74, 6) is 1.29. The third-order valence-corrected chi connectivity index (χ3v) is 4.00. The summed E-state index contributed by atoms with van der Waals surface area (Å²) >= 11 is 12.9. The minimum absolute atomic E-state index is 0.542. The van der Waals surface area contributed by atoms with Crippen molar-refractivity contribution in [2.24, 2.45) is 5.92 Å². The molecule has 0 aliphatic heterocycles. The number of rotatable bonds is 6. The highest BCUT2D eigenvalue weighted by Gasteiger charge is 2.09. The van der Waals surface area contributed by atoms with Crippen LogP contribution in [0.1, 0.15) is 19.8 Å². The Morgan fingerprint density at radius 3 is 2.81 bits per heavy atom. The molecule has 0 aliphatic rings. The van der Waals surface area contributed by atoms with Crippen molar-refractivity contribution in [3.8, 4) is 5.75 Å². The maximum Gasteiger partial charge on any atom is 0.139 e. The van der Waals surface area contributed by atoms with E-state index in [1.165, 1.54) is 6.42 Å². The highest BCUT2D eigenvalue weighted by atomic mass is 79.9. The Morgan fingerprint density at radius 2 is 2.19 bits per heavy atom. The molecule has 1 nitrogen and oxygen atoms in total. The standard InChI is InChI=1S/C12H15Br2ClO/c1-2-3-9(7-13)8-16-12-6-10(14)4-5-11(12)15/h4-6,9H,2-3,7-8H2,1H3. The highest BCUT2D eigenvalue weighted by Crippen LogP contribution is 2.28. The Labute approximate surface area is 119 Å². The second kappa shape index (κ2) is 7.57. The van der Waals surface area contributed by atoms with Gasteiger partial charge in [-0.15, -0.1) is 0 Å². The number of benzene rings is 1. The molecule has 0 radical (unpaired) electrons. The van der Waals surface area contributed by atoms with E-state index in [0.29, 0.717) is 17.5 Å². The van der Waals surface area contributed by atoms with Crippen LogP contribution < -0.4 is 4.74 Å². The molecule has 4 heteroatoms. The third-order valence-electron chi connectivity index (χ3n) is 2.28. The lowest BCUT2D eigenvalue weighted by Crippen LogP contribution is -2.13. The van der Waals surface area contributed by atoms with Gasteiger partial charge in [0.25, 0.3) is 0 Å². The van der Waals surface area contributed by atoms with Crippen molar-refractivity contribution >= 4 is 43.5 Å². The lowest BCUT2D eigenvalue weighted by atomic mass is 10.1. The molecule has 16 heavy (non-hydrogen) atoms. The van der Waals surface area contributed by atoms with Gasteiger partial charge in [0, 0.05) is 15.7 Å². The van der Waals surface area contributed by atoms with Crippen LogP contribution in [0.5, 0.6) is 5.75 Å². The van der Waals surface area contributed by atoms with Gasteiger partial charge in [-0.2, -0.15) is 0 Å². The van der Waals surface area contributed by atoms with Crippen molar-refractivity contribution in [1.29, 1.82) is 0 Å². The molecule has 1 rings (SSSR count). The lowest BCUT2D eigenvalue weighted by molar-refractivity contribution is 0.255. The number of alkyl halides is 1. The SMILES string of the molecule is CCCC(CBr)COc1cc(Br)ccc1Cl. The second-order valence-corrected chi connectivity index (χ2v) is 5.67. The minimum atomic E-state index is 0.542. The number of ether oxygens (including phenoxy) is 1. The van der Waals surface area contributed by atoms with E-state index in [1.807, 2.05) is 18.2 Å². The first-order valence-corrected chi connectivity index (χ1v) is 7.60. The van der Waals surface area contributed by atoms with E-state index in [-0.39, 0.29) is 0 Å². The first-order chi connectivity index (χ1) is 7.67. The normalized spacial score (nSPS) is 12.5. The predicted octanol–water partition coefficient (Wildman–Crippen LogP) is 5.29. The number of hydrogen-bond acceptors (Lipinski definition) is 1. The second-order valence-electron chi connectivity index (χ2n) is 3.69. The van der Waals surface area contributed by atoms with Crippen LogP contribution in [-0.4, -0.2) is 11.9 Å². The van der Waals surface area contributed by atoms with Gasteiger partial charge in [-0.25, -0.2) is 0 Å². The number of halogens is 3. The molecule has 0 N–H and O–H groups in total. The van der Waals surface area contributed by atoms with E-state index < -0.39 is 0 Å². The first-order valence-electron chi connectivity index (χ1n) is 5.31. The van der Waals surface area contributed by atoms with Gasteiger partial charge >= 0.3 is 0 Å². The predicted molar refractivity (Wildman–Crippen MR) is 76.8 cm³/mol. The molecule has 0 saturated heterocycles. The average Bonchev–Trinajstić information content (AvgIpc) is 2.28. The lowest BCUT2D eigenvalue weighted by Gasteiger charge is -2.15. The first kappa shape index (κ1) is 14.3. The molecule has 0 aliphatic carbocycles. The van der Waals surface area contributed by atoms with E-state index in [1.54, 1.807) is 0 Å². The summed E-state index contributed by atoms with van der Waals surface area (Å²) in [7, 11) is 0. The molecule has 0 fully saturated rings. The summed E-state index contributed by atoms with van der Waals surface area (Å²) in [4.78, 5) is 0. The van der Waals surface area contributed by atoms with Crippen LogP contribution in [0.25, 0.3) is 0 Å². The molecule has 90 valence electrons. The average molecular weight is 371 g/mol. The fourth-order valence-corrected chi connectivity index (χ4v) is 2.43. The molecule has 0 saturated carbocycles. The van der Waals surface area contributed by atoms with Crippen LogP contribution in [0.15, 0.2) is 22.7 Å².